The Morgan fingerprint density at radius 1 is 1.17 bits per heavy atom. The molecular formula is C16H14N4OS2. The van der Waals surface area contributed by atoms with Gasteiger partial charge in [0.25, 0.3) is 0 Å². The van der Waals surface area contributed by atoms with Crippen molar-refractivity contribution >= 4 is 39.9 Å². The summed E-state index contributed by atoms with van der Waals surface area (Å²) in [4.78, 5) is 21.6. The molecule has 2 heterocycles. The van der Waals surface area contributed by atoms with Crippen molar-refractivity contribution in [1.82, 2.24) is 9.97 Å². The van der Waals surface area contributed by atoms with Crippen LogP contribution in [0.1, 0.15) is 0 Å². The van der Waals surface area contributed by atoms with Gasteiger partial charge in [-0.2, -0.15) is 0 Å². The number of hydrogen-bond donors (Lipinski definition) is 2. The Morgan fingerprint density at radius 2 is 2.00 bits per heavy atom. The van der Waals surface area contributed by atoms with E-state index in [-0.39, 0.29) is 6.03 Å². The third-order valence-corrected chi connectivity index (χ3v) is 4.53. The van der Waals surface area contributed by atoms with Crippen LogP contribution in [0, 0.1) is 0 Å². The molecule has 5 nitrogen and oxygen atoms in total. The molecule has 1 aromatic carbocycles. The predicted molar refractivity (Wildman–Crippen MR) is 96.2 cm³/mol. The van der Waals surface area contributed by atoms with Crippen LogP contribution in [0.3, 0.4) is 0 Å². The third kappa shape index (κ3) is 4.08. The Bertz CT molecular complexity index is 787. The highest BCUT2D eigenvalue weighted by molar-refractivity contribution is 7.98. The lowest BCUT2D eigenvalue weighted by atomic mass is 10.2. The Balaban J connectivity index is 1.63. The lowest BCUT2D eigenvalue weighted by molar-refractivity contribution is 0.262. The van der Waals surface area contributed by atoms with E-state index in [2.05, 4.69) is 20.6 Å². The molecule has 0 fully saturated rings. The second-order valence-electron chi connectivity index (χ2n) is 4.59. The van der Waals surface area contributed by atoms with Crippen LogP contribution in [0.5, 0.6) is 0 Å². The number of carbonyl (C=O) groups is 1. The van der Waals surface area contributed by atoms with Crippen LogP contribution in [0.4, 0.5) is 15.6 Å². The predicted octanol–water partition coefficient (Wildman–Crippen LogP) is 4.57. The van der Waals surface area contributed by atoms with Crippen LogP contribution in [0.25, 0.3) is 11.3 Å². The number of benzene rings is 1. The highest BCUT2D eigenvalue weighted by atomic mass is 32.2. The van der Waals surface area contributed by atoms with Gasteiger partial charge in [0.2, 0.25) is 0 Å². The summed E-state index contributed by atoms with van der Waals surface area (Å²) in [5.74, 6) is 0. The minimum absolute atomic E-state index is 0.311. The zero-order valence-electron chi connectivity index (χ0n) is 12.3. The van der Waals surface area contributed by atoms with E-state index in [9.17, 15) is 4.79 Å². The van der Waals surface area contributed by atoms with Crippen molar-refractivity contribution in [2.75, 3.05) is 16.9 Å². The first-order chi connectivity index (χ1) is 11.2. The molecule has 0 saturated heterocycles. The number of amides is 2. The molecule has 7 heteroatoms. The number of anilines is 2. The summed E-state index contributed by atoms with van der Waals surface area (Å²) in [5.41, 5.74) is 2.46. The van der Waals surface area contributed by atoms with E-state index in [0.29, 0.717) is 5.13 Å². The Labute approximate surface area is 142 Å². The van der Waals surface area contributed by atoms with E-state index in [4.69, 9.17) is 0 Å². The zero-order valence-corrected chi connectivity index (χ0v) is 13.9. The van der Waals surface area contributed by atoms with E-state index in [1.807, 2.05) is 48.0 Å². The van der Waals surface area contributed by atoms with Crippen LogP contribution >= 0.6 is 23.1 Å². The maximum absolute atomic E-state index is 12.0. The van der Waals surface area contributed by atoms with Crippen LogP contribution in [0.2, 0.25) is 0 Å². The fourth-order valence-corrected chi connectivity index (χ4v) is 3.03. The molecular weight excluding hydrogens is 328 g/mol. The van der Waals surface area contributed by atoms with Gasteiger partial charge in [0.15, 0.2) is 5.13 Å². The number of urea groups is 1. The van der Waals surface area contributed by atoms with Crippen LogP contribution < -0.4 is 10.6 Å². The zero-order chi connectivity index (χ0) is 16.1. The molecule has 3 aromatic rings. The van der Waals surface area contributed by atoms with Gasteiger partial charge in [-0.3, -0.25) is 10.3 Å². The quantitative estimate of drug-likeness (QED) is 0.682. The SMILES string of the molecule is CSc1ccc(NC(=O)Nc2nc(-c3cccnc3)cs2)cc1. The van der Waals surface area contributed by atoms with E-state index >= 15 is 0 Å². The Morgan fingerprint density at radius 3 is 2.70 bits per heavy atom. The highest BCUT2D eigenvalue weighted by Gasteiger charge is 2.08. The summed E-state index contributed by atoms with van der Waals surface area (Å²) in [6.07, 6.45) is 5.47. The number of thioether (sulfide) groups is 1. The minimum Gasteiger partial charge on any atom is -0.308 e. The Hall–Kier alpha value is -2.38. The third-order valence-electron chi connectivity index (χ3n) is 3.03. The summed E-state index contributed by atoms with van der Waals surface area (Å²) < 4.78 is 0. The number of nitrogens with one attached hydrogen (secondary N) is 2. The van der Waals surface area contributed by atoms with Crippen molar-refractivity contribution in [3.8, 4) is 11.3 Å². The summed E-state index contributed by atoms with van der Waals surface area (Å²) in [6, 6.07) is 11.1. The largest absolute Gasteiger partial charge is 0.325 e. The number of thiazole rings is 1. The van der Waals surface area contributed by atoms with Crippen molar-refractivity contribution in [2.24, 2.45) is 0 Å². The van der Waals surface area contributed by atoms with Crippen molar-refractivity contribution in [1.29, 1.82) is 0 Å². The number of pyridine rings is 1. The molecule has 0 spiro atoms. The van der Waals surface area contributed by atoms with Gasteiger partial charge < -0.3 is 5.32 Å². The van der Waals surface area contributed by atoms with Gasteiger partial charge in [-0.05, 0) is 42.7 Å². The van der Waals surface area contributed by atoms with Crippen LogP contribution in [-0.4, -0.2) is 22.3 Å². The first kappa shape index (κ1) is 15.5. The van der Waals surface area contributed by atoms with Gasteiger partial charge in [0.1, 0.15) is 0 Å². The van der Waals surface area contributed by atoms with E-state index in [0.717, 1.165) is 21.8 Å². The molecule has 2 amide bonds. The lowest BCUT2D eigenvalue weighted by Crippen LogP contribution is -2.19. The van der Waals surface area contributed by atoms with Gasteiger partial charge in [0, 0.05) is 33.9 Å². The number of nitrogens with zero attached hydrogens (tertiary/aromatic N) is 2. The minimum atomic E-state index is -0.311. The van der Waals surface area contributed by atoms with Crippen molar-refractivity contribution in [2.45, 2.75) is 4.90 Å². The number of rotatable bonds is 4. The van der Waals surface area contributed by atoms with Crippen molar-refractivity contribution < 1.29 is 4.79 Å². The molecule has 0 atom stereocenters. The summed E-state index contributed by atoms with van der Waals surface area (Å²) in [6.45, 7) is 0. The first-order valence-corrected chi connectivity index (χ1v) is 8.93. The Kier molecular flexibility index (Phi) is 4.89. The number of hydrogen-bond acceptors (Lipinski definition) is 5. The summed E-state index contributed by atoms with van der Waals surface area (Å²) in [5, 5.41) is 7.96. The smallest absolute Gasteiger partial charge is 0.308 e. The maximum Gasteiger partial charge on any atom is 0.325 e. The molecule has 0 aliphatic rings. The second kappa shape index (κ2) is 7.26. The molecule has 116 valence electrons. The number of carbonyl (C=O) groups excluding carboxylic acids is 1. The second-order valence-corrected chi connectivity index (χ2v) is 6.32. The van der Waals surface area contributed by atoms with Crippen molar-refractivity contribution in [3.63, 3.8) is 0 Å². The van der Waals surface area contributed by atoms with E-state index in [1.165, 1.54) is 11.3 Å². The van der Waals surface area contributed by atoms with Gasteiger partial charge in [-0.25, -0.2) is 9.78 Å². The molecule has 0 aliphatic heterocycles. The summed E-state index contributed by atoms with van der Waals surface area (Å²) >= 11 is 3.03. The molecule has 0 unspecified atom stereocenters. The molecule has 2 N–H and O–H groups in total. The normalized spacial score (nSPS) is 10.3. The van der Waals surface area contributed by atoms with Gasteiger partial charge in [-0.15, -0.1) is 23.1 Å². The highest BCUT2D eigenvalue weighted by Crippen LogP contribution is 2.24. The standard InChI is InChI=1S/C16H14N4OS2/c1-22-13-6-4-12(5-7-13)18-15(21)20-16-19-14(10-23-16)11-3-2-8-17-9-11/h2-10H,1H3,(H2,18,19,20,21). The average Bonchev–Trinajstić information content (AvgIpc) is 3.04. The van der Waals surface area contributed by atoms with Crippen molar-refractivity contribution in [3.05, 3.63) is 54.2 Å². The lowest BCUT2D eigenvalue weighted by Gasteiger charge is -2.05. The monoisotopic (exact) mass is 342 g/mol. The van der Waals surface area contributed by atoms with E-state index in [1.54, 1.807) is 24.2 Å². The molecule has 23 heavy (non-hydrogen) atoms. The molecule has 3 rings (SSSR count). The molecule has 0 saturated carbocycles. The fraction of sp³-hybridized carbons (Fsp3) is 0.0625. The first-order valence-electron chi connectivity index (χ1n) is 6.82. The maximum atomic E-state index is 12.0. The number of aromatic nitrogens is 2. The average molecular weight is 342 g/mol. The van der Waals surface area contributed by atoms with E-state index < -0.39 is 0 Å². The van der Waals surface area contributed by atoms with Crippen LogP contribution in [0.15, 0.2) is 59.1 Å². The molecule has 0 radical (unpaired) electrons. The molecule has 0 aliphatic carbocycles. The topological polar surface area (TPSA) is 66.9 Å². The van der Waals surface area contributed by atoms with Crippen LogP contribution in [-0.2, 0) is 0 Å². The van der Waals surface area contributed by atoms with Gasteiger partial charge >= 0.3 is 6.03 Å². The fourth-order valence-electron chi connectivity index (χ4n) is 1.91. The summed E-state index contributed by atoms with van der Waals surface area (Å²) in [7, 11) is 0. The molecule has 0 bridgehead atoms. The van der Waals surface area contributed by atoms with Gasteiger partial charge in [0.05, 0.1) is 5.69 Å². The molecule has 2 aromatic heterocycles. The van der Waals surface area contributed by atoms with Gasteiger partial charge in [-0.1, -0.05) is 0 Å².